The smallest absolute Gasteiger partial charge is 0.352 e. The van der Waals surface area contributed by atoms with Gasteiger partial charge in [0.15, 0.2) is 0 Å². The van der Waals surface area contributed by atoms with Crippen LogP contribution in [0.4, 0.5) is 32.0 Å². The van der Waals surface area contributed by atoms with Gasteiger partial charge in [-0.2, -0.15) is 13.2 Å². The average molecular weight is 461 g/mol. The van der Waals surface area contributed by atoms with Crippen molar-refractivity contribution in [1.29, 1.82) is 0 Å². The van der Waals surface area contributed by atoms with Gasteiger partial charge in [-0.25, -0.2) is 18.2 Å². The number of nitrogens with one attached hydrogen (secondary N) is 1. The monoisotopic (exact) mass is 461 g/mol. The molecule has 1 fully saturated rings. The first-order valence-electron chi connectivity index (χ1n) is 9.30. The summed E-state index contributed by atoms with van der Waals surface area (Å²) in [4.78, 5) is 28.2. The van der Waals surface area contributed by atoms with Crippen LogP contribution in [-0.2, 0) is 10.7 Å². The molecule has 2 N–H and O–H groups in total. The second kappa shape index (κ2) is 8.41. The lowest BCUT2D eigenvalue weighted by molar-refractivity contribution is -0.183. The molecule has 1 aromatic carbocycles. The van der Waals surface area contributed by atoms with E-state index in [9.17, 15) is 41.0 Å². The first kappa shape index (κ1) is 23.5. The Bertz CT molecular complexity index is 1040. The van der Waals surface area contributed by atoms with Gasteiger partial charge in [-0.1, -0.05) is 0 Å². The van der Waals surface area contributed by atoms with E-state index < -0.39 is 72.2 Å². The molecule has 2 aromatic rings. The second-order valence-corrected chi connectivity index (χ2v) is 7.34. The molecular formula is C20H17F6N3O3. The van der Waals surface area contributed by atoms with E-state index in [4.69, 9.17) is 0 Å². The van der Waals surface area contributed by atoms with Gasteiger partial charge in [0.1, 0.15) is 11.9 Å². The van der Waals surface area contributed by atoms with E-state index in [2.05, 4.69) is 10.3 Å². The predicted molar refractivity (Wildman–Crippen MR) is 99.3 cm³/mol. The molecule has 1 atom stereocenters. The van der Waals surface area contributed by atoms with Gasteiger partial charge in [0.25, 0.3) is 17.7 Å². The number of piperidine rings is 1. The van der Waals surface area contributed by atoms with Crippen molar-refractivity contribution in [2.75, 3.05) is 18.4 Å². The molecule has 3 rings (SSSR count). The number of halogens is 6. The summed E-state index contributed by atoms with van der Waals surface area (Å²) in [6, 6.07) is 3.99. The molecule has 0 radical (unpaired) electrons. The molecule has 0 bridgehead atoms. The number of amides is 2. The van der Waals surface area contributed by atoms with E-state index in [1.807, 2.05) is 0 Å². The van der Waals surface area contributed by atoms with Gasteiger partial charge in [0, 0.05) is 29.6 Å². The fourth-order valence-electron chi connectivity index (χ4n) is 3.23. The van der Waals surface area contributed by atoms with Crippen molar-refractivity contribution in [2.24, 2.45) is 0 Å². The van der Waals surface area contributed by atoms with Crippen LogP contribution >= 0.6 is 0 Å². The molecule has 1 saturated heterocycles. The van der Waals surface area contributed by atoms with Crippen LogP contribution in [-0.4, -0.2) is 51.9 Å². The Hall–Kier alpha value is -3.15. The number of nitrogens with zero attached hydrogens (tertiary/aromatic N) is 2. The first-order chi connectivity index (χ1) is 14.8. The molecule has 1 aliphatic rings. The number of aromatic nitrogens is 1. The molecule has 1 unspecified atom stereocenters. The summed E-state index contributed by atoms with van der Waals surface area (Å²) in [6.45, 7) is -0.596. The predicted octanol–water partition coefficient (Wildman–Crippen LogP) is 3.24. The number of hydrogen-bond donors (Lipinski definition) is 2. The van der Waals surface area contributed by atoms with E-state index >= 15 is 0 Å². The number of benzene rings is 1. The van der Waals surface area contributed by atoms with E-state index in [1.165, 1.54) is 13.0 Å². The quantitative estimate of drug-likeness (QED) is 0.541. The Balaban J connectivity index is 1.86. The lowest BCUT2D eigenvalue weighted by Crippen LogP contribution is -2.56. The molecule has 1 aromatic heterocycles. The Kier molecular flexibility index (Phi) is 6.18. The lowest BCUT2D eigenvalue weighted by Gasteiger charge is -2.37. The van der Waals surface area contributed by atoms with Crippen molar-refractivity contribution in [3.63, 3.8) is 0 Å². The third-order valence-electron chi connectivity index (χ3n) is 4.86. The number of rotatable bonds is 4. The summed E-state index contributed by atoms with van der Waals surface area (Å²) in [6.07, 6.45) is -2.73. The summed E-state index contributed by atoms with van der Waals surface area (Å²) >= 11 is 0. The molecular weight excluding hydrogens is 444 g/mol. The van der Waals surface area contributed by atoms with Crippen LogP contribution in [0.3, 0.4) is 0 Å². The van der Waals surface area contributed by atoms with Gasteiger partial charge >= 0.3 is 5.92 Å². The number of aryl methyl sites for hydroxylation is 1. The minimum atomic E-state index is -4.57. The third kappa shape index (κ3) is 4.69. The number of aliphatic hydroxyl groups is 1. The lowest BCUT2D eigenvalue weighted by atomic mass is 9.99. The van der Waals surface area contributed by atoms with Gasteiger partial charge < -0.3 is 15.3 Å². The Morgan fingerprint density at radius 2 is 1.91 bits per heavy atom. The third-order valence-corrected chi connectivity index (χ3v) is 4.86. The highest BCUT2D eigenvalue weighted by molar-refractivity contribution is 6.04. The minimum Gasteiger partial charge on any atom is -0.387 e. The number of likely N-dealkylation sites (tertiary alicyclic amines) is 1. The topological polar surface area (TPSA) is 82.5 Å². The highest BCUT2D eigenvalue weighted by Crippen LogP contribution is 2.36. The SMILES string of the molecule is Cc1cc(NC(=O)c2ccc(F)c(C(F)(F)C(=O)N3CCC(O)C(F)(F)C3)c2)cc(F)n1. The van der Waals surface area contributed by atoms with Crippen LogP contribution in [0.15, 0.2) is 30.3 Å². The maximum absolute atomic E-state index is 14.8. The molecule has 12 heteroatoms. The van der Waals surface area contributed by atoms with Crippen molar-refractivity contribution in [3.8, 4) is 0 Å². The molecule has 0 aliphatic carbocycles. The standard InChI is InChI=1S/C20H17F6N3O3/c1-10-6-12(8-16(22)27-10)28-17(31)11-2-3-14(21)13(7-11)20(25,26)18(32)29-5-4-15(30)19(23,24)9-29/h2-3,6-8,15,30H,4-5,9H2,1H3,(H,27,28,31). The number of carbonyl (C=O) groups excluding carboxylic acids is 2. The van der Waals surface area contributed by atoms with Gasteiger partial charge in [0.05, 0.1) is 12.1 Å². The van der Waals surface area contributed by atoms with Crippen LogP contribution in [0.25, 0.3) is 0 Å². The van der Waals surface area contributed by atoms with Gasteiger partial charge in [0.2, 0.25) is 5.95 Å². The molecule has 6 nitrogen and oxygen atoms in total. The van der Waals surface area contributed by atoms with E-state index in [0.29, 0.717) is 12.1 Å². The summed E-state index contributed by atoms with van der Waals surface area (Å²) in [5, 5.41) is 11.5. The van der Waals surface area contributed by atoms with Crippen molar-refractivity contribution in [3.05, 3.63) is 58.9 Å². The summed E-state index contributed by atoms with van der Waals surface area (Å²) in [5.41, 5.74) is -1.78. The fourth-order valence-corrected chi connectivity index (χ4v) is 3.23. The highest BCUT2D eigenvalue weighted by atomic mass is 19.3. The van der Waals surface area contributed by atoms with Crippen LogP contribution in [0.5, 0.6) is 0 Å². The Morgan fingerprint density at radius 3 is 2.53 bits per heavy atom. The summed E-state index contributed by atoms with van der Waals surface area (Å²) in [7, 11) is 0. The average Bonchev–Trinajstić information content (AvgIpc) is 2.68. The molecule has 1 aliphatic heterocycles. The van der Waals surface area contributed by atoms with Crippen molar-refractivity contribution in [1.82, 2.24) is 9.88 Å². The zero-order valence-corrected chi connectivity index (χ0v) is 16.5. The van der Waals surface area contributed by atoms with Crippen LogP contribution in [0.2, 0.25) is 0 Å². The zero-order valence-electron chi connectivity index (χ0n) is 16.5. The van der Waals surface area contributed by atoms with E-state index in [1.54, 1.807) is 0 Å². The number of alkyl halides is 4. The molecule has 2 amide bonds. The van der Waals surface area contributed by atoms with E-state index in [-0.39, 0.29) is 16.3 Å². The first-order valence-corrected chi connectivity index (χ1v) is 9.30. The van der Waals surface area contributed by atoms with Gasteiger partial charge in [-0.3, -0.25) is 9.59 Å². The minimum absolute atomic E-state index is 0.0391. The number of aliphatic hydroxyl groups excluding tert-OH is 1. The summed E-state index contributed by atoms with van der Waals surface area (Å²) < 4.78 is 84.5. The largest absolute Gasteiger partial charge is 0.387 e. The van der Waals surface area contributed by atoms with Crippen LogP contribution in [0, 0.1) is 18.7 Å². The molecule has 0 spiro atoms. The Morgan fingerprint density at radius 1 is 1.22 bits per heavy atom. The number of anilines is 1. The molecule has 0 saturated carbocycles. The molecule has 172 valence electrons. The van der Waals surface area contributed by atoms with E-state index in [0.717, 1.165) is 12.1 Å². The number of pyridine rings is 1. The maximum Gasteiger partial charge on any atom is 0.352 e. The number of hydrogen-bond acceptors (Lipinski definition) is 4. The van der Waals surface area contributed by atoms with Crippen molar-refractivity contribution < 1.29 is 41.0 Å². The van der Waals surface area contributed by atoms with Crippen molar-refractivity contribution in [2.45, 2.75) is 31.3 Å². The van der Waals surface area contributed by atoms with Crippen molar-refractivity contribution >= 4 is 17.5 Å². The second-order valence-electron chi connectivity index (χ2n) is 7.34. The normalized spacial score (nSPS) is 18.4. The van der Waals surface area contributed by atoms with Crippen LogP contribution in [0.1, 0.15) is 28.0 Å². The highest BCUT2D eigenvalue weighted by Gasteiger charge is 2.52. The van der Waals surface area contributed by atoms with Gasteiger partial charge in [-0.05, 0) is 37.6 Å². The van der Waals surface area contributed by atoms with Gasteiger partial charge in [-0.15, -0.1) is 0 Å². The zero-order chi connectivity index (χ0) is 23.8. The molecule has 32 heavy (non-hydrogen) atoms. The number of carbonyl (C=O) groups is 2. The summed E-state index contributed by atoms with van der Waals surface area (Å²) in [5.74, 6) is -13.9. The fraction of sp³-hybridized carbons (Fsp3) is 0.350. The maximum atomic E-state index is 14.8. The van der Waals surface area contributed by atoms with Crippen LogP contribution < -0.4 is 5.32 Å². The Labute approximate surface area is 177 Å². The molecule has 2 heterocycles.